The summed E-state index contributed by atoms with van der Waals surface area (Å²) in [5.41, 5.74) is -5.90. The number of halogens is 3. The van der Waals surface area contributed by atoms with Gasteiger partial charge in [-0.2, -0.15) is 9.48 Å². The zero-order valence-electron chi connectivity index (χ0n) is 23.0. The number of carbonyl (C=O) groups is 1. The number of alkyl halides is 2. The number of ether oxygens (including phenoxy) is 2. The third-order valence-corrected chi connectivity index (χ3v) is 8.11. The first-order chi connectivity index (χ1) is 20.2. The van der Waals surface area contributed by atoms with Crippen LogP contribution in [0.25, 0.3) is 10.8 Å². The Labute approximate surface area is 241 Å². The first-order valence-electron chi connectivity index (χ1n) is 12.9. The van der Waals surface area contributed by atoms with E-state index in [0.717, 1.165) is 5.39 Å². The second-order valence-electron chi connectivity index (χ2n) is 10.1. The Morgan fingerprint density at radius 2 is 1.84 bits per heavy atom. The summed E-state index contributed by atoms with van der Waals surface area (Å²) in [5, 5.41) is 25.0. The second-order valence-corrected chi connectivity index (χ2v) is 11.7. The molecule has 4 rings (SSSR count). The molecule has 2 heterocycles. The highest BCUT2D eigenvalue weighted by Crippen LogP contribution is 2.49. The van der Waals surface area contributed by atoms with Crippen molar-refractivity contribution in [2.24, 2.45) is 0 Å². The van der Waals surface area contributed by atoms with Gasteiger partial charge in [-0.25, -0.2) is 18.1 Å². The zero-order chi connectivity index (χ0) is 31.7. The van der Waals surface area contributed by atoms with E-state index in [4.69, 9.17) is 18.5 Å². The lowest BCUT2D eigenvalue weighted by Gasteiger charge is -2.32. The normalized spacial score (nSPS) is 24.3. The number of fused-ring (bicyclic) bond motifs is 1. The van der Waals surface area contributed by atoms with Gasteiger partial charge in [-0.15, -0.1) is 0 Å². The van der Waals surface area contributed by atoms with Crippen LogP contribution in [0.3, 0.4) is 0 Å². The van der Waals surface area contributed by atoms with Gasteiger partial charge in [0.15, 0.2) is 11.8 Å². The molecule has 1 unspecified atom stereocenters. The molecular weight excluding hydrogens is 602 g/mol. The smallest absolute Gasteiger partial charge is 0.459 e. The van der Waals surface area contributed by atoms with E-state index >= 15 is 0 Å². The molecule has 6 atom stereocenters. The quantitative estimate of drug-likeness (QED) is 0.180. The maximum Gasteiger partial charge on any atom is 0.459 e. The minimum Gasteiger partial charge on any atom is -0.462 e. The van der Waals surface area contributed by atoms with Gasteiger partial charge < -0.3 is 24.2 Å². The standard InChI is InChI=1S/C26H29F3N3O10P/c1-13(2)40-23(36)14(3)31-43(38,42-17-9-8-15-6-4-5-7-16(15)10-17)39-12-26(24(28)29)20(34)19(33)22(41-26)32-11-18(27)21(35)30-25(32)37/h4-11,13-14,19-20,22,24,33-34H,12H2,1-3H3,(H,31,38)(H,30,35,37)/t14-,19-,20-,22+,26+,43?/m0/s1. The van der Waals surface area contributed by atoms with Crippen molar-refractivity contribution >= 4 is 24.5 Å². The van der Waals surface area contributed by atoms with Gasteiger partial charge in [0.1, 0.15) is 24.0 Å². The zero-order valence-corrected chi connectivity index (χ0v) is 23.9. The van der Waals surface area contributed by atoms with Crippen molar-refractivity contribution in [2.45, 2.75) is 63.4 Å². The fourth-order valence-corrected chi connectivity index (χ4v) is 5.83. The van der Waals surface area contributed by atoms with Crippen LogP contribution in [0.4, 0.5) is 13.2 Å². The summed E-state index contributed by atoms with van der Waals surface area (Å²) in [4.78, 5) is 37.6. The predicted molar refractivity (Wildman–Crippen MR) is 144 cm³/mol. The molecule has 0 amide bonds. The molecule has 1 aliphatic rings. The second kappa shape index (κ2) is 12.6. The monoisotopic (exact) mass is 631 g/mol. The summed E-state index contributed by atoms with van der Waals surface area (Å²) in [7, 11) is -4.80. The summed E-state index contributed by atoms with van der Waals surface area (Å²) in [6.07, 6.45) is -10.8. The molecular formula is C26H29F3N3O10P. The van der Waals surface area contributed by atoms with Gasteiger partial charge in [0.2, 0.25) is 5.82 Å². The topological polar surface area (TPSA) is 178 Å². The number of esters is 1. The van der Waals surface area contributed by atoms with Crippen LogP contribution in [-0.4, -0.2) is 68.7 Å². The Morgan fingerprint density at radius 3 is 2.49 bits per heavy atom. The van der Waals surface area contributed by atoms with E-state index in [2.05, 4.69) is 5.09 Å². The largest absolute Gasteiger partial charge is 0.462 e. The molecule has 13 nitrogen and oxygen atoms in total. The van der Waals surface area contributed by atoms with Crippen molar-refractivity contribution in [1.29, 1.82) is 0 Å². The van der Waals surface area contributed by atoms with Crippen LogP contribution in [-0.2, 0) is 23.4 Å². The number of aromatic amines is 1. The number of H-pyrrole nitrogens is 1. The molecule has 3 aromatic rings. The van der Waals surface area contributed by atoms with Crippen molar-refractivity contribution in [3.63, 3.8) is 0 Å². The number of aliphatic hydroxyl groups excluding tert-OH is 2. The van der Waals surface area contributed by atoms with Gasteiger partial charge in [-0.3, -0.25) is 23.7 Å². The van der Waals surface area contributed by atoms with Crippen molar-refractivity contribution in [3.8, 4) is 5.75 Å². The van der Waals surface area contributed by atoms with Gasteiger partial charge in [0.25, 0.3) is 12.0 Å². The Kier molecular flexibility index (Phi) is 9.49. The number of aliphatic hydroxyl groups is 2. The number of hydrogen-bond donors (Lipinski definition) is 4. The van der Waals surface area contributed by atoms with Crippen LogP contribution in [0.2, 0.25) is 0 Å². The number of nitrogens with zero attached hydrogens (tertiary/aromatic N) is 1. The minimum absolute atomic E-state index is 0.0499. The fraction of sp³-hybridized carbons (Fsp3) is 0.423. The predicted octanol–water partition coefficient (Wildman–Crippen LogP) is 2.22. The van der Waals surface area contributed by atoms with Crippen LogP contribution in [0.1, 0.15) is 27.0 Å². The third-order valence-electron chi connectivity index (χ3n) is 6.49. The third kappa shape index (κ3) is 6.84. The lowest BCUT2D eigenvalue weighted by Crippen LogP contribution is -2.53. The molecule has 17 heteroatoms. The van der Waals surface area contributed by atoms with Gasteiger partial charge in [0.05, 0.1) is 18.9 Å². The van der Waals surface area contributed by atoms with Gasteiger partial charge in [-0.1, -0.05) is 30.3 Å². The molecule has 1 aliphatic heterocycles. The first kappa shape index (κ1) is 32.4. The summed E-state index contributed by atoms with van der Waals surface area (Å²) < 4.78 is 78.4. The molecule has 4 N–H and O–H groups in total. The molecule has 2 aromatic carbocycles. The molecule has 1 saturated heterocycles. The SMILES string of the molecule is CC(C)OC(=O)[C@H](C)NP(=O)(OC[C@@]1(C(F)F)O[C@@H](n2cc(F)c(=O)[nH]c2=O)[C@@H](O)[C@@H]1O)Oc1ccc2ccccc2c1. The lowest BCUT2D eigenvalue weighted by molar-refractivity contribution is -0.193. The first-order valence-corrected chi connectivity index (χ1v) is 14.4. The van der Waals surface area contributed by atoms with Gasteiger partial charge >= 0.3 is 19.4 Å². The maximum atomic E-state index is 14.5. The molecule has 1 fully saturated rings. The Morgan fingerprint density at radius 1 is 1.16 bits per heavy atom. The highest BCUT2D eigenvalue weighted by atomic mass is 31.2. The molecule has 234 valence electrons. The highest BCUT2D eigenvalue weighted by Gasteiger charge is 2.61. The van der Waals surface area contributed by atoms with Crippen molar-refractivity contribution in [2.75, 3.05) is 6.61 Å². The summed E-state index contributed by atoms with van der Waals surface area (Å²) >= 11 is 0. The number of aromatic nitrogens is 2. The number of carbonyl (C=O) groups excluding carboxylic acids is 1. The average molecular weight is 631 g/mol. The van der Waals surface area contributed by atoms with E-state index in [0.29, 0.717) is 11.6 Å². The van der Waals surface area contributed by atoms with Crippen LogP contribution in [0.15, 0.2) is 58.3 Å². The molecule has 0 spiro atoms. The highest BCUT2D eigenvalue weighted by molar-refractivity contribution is 7.52. The number of rotatable bonds is 11. The van der Waals surface area contributed by atoms with Crippen LogP contribution in [0.5, 0.6) is 5.75 Å². The Hall–Kier alpha value is -3.53. The molecule has 0 radical (unpaired) electrons. The van der Waals surface area contributed by atoms with Gasteiger partial charge in [-0.05, 0) is 43.7 Å². The van der Waals surface area contributed by atoms with Crippen LogP contribution in [0, 0.1) is 5.82 Å². The number of nitrogens with one attached hydrogen (secondary N) is 2. The molecule has 0 aliphatic carbocycles. The molecule has 43 heavy (non-hydrogen) atoms. The van der Waals surface area contributed by atoms with E-state index in [-0.39, 0.29) is 10.3 Å². The number of hydrogen-bond acceptors (Lipinski definition) is 10. The Balaban J connectivity index is 1.66. The minimum atomic E-state index is -4.80. The van der Waals surface area contributed by atoms with E-state index in [1.165, 1.54) is 19.1 Å². The van der Waals surface area contributed by atoms with Gasteiger partial charge in [0, 0.05) is 0 Å². The fourth-order valence-electron chi connectivity index (χ4n) is 4.31. The van der Waals surface area contributed by atoms with E-state index in [9.17, 15) is 42.3 Å². The van der Waals surface area contributed by atoms with Crippen LogP contribution < -0.4 is 20.9 Å². The summed E-state index contributed by atoms with van der Waals surface area (Å²) in [5.74, 6) is -2.43. The van der Waals surface area contributed by atoms with Crippen LogP contribution >= 0.6 is 7.75 Å². The molecule has 0 saturated carbocycles. The summed E-state index contributed by atoms with van der Waals surface area (Å²) in [6.45, 7) is 2.96. The average Bonchev–Trinajstić information content (AvgIpc) is 3.19. The maximum absolute atomic E-state index is 14.5. The molecule has 1 aromatic heterocycles. The summed E-state index contributed by atoms with van der Waals surface area (Å²) in [6, 6.07) is 10.2. The van der Waals surface area contributed by atoms with E-state index in [1.807, 2.05) is 0 Å². The van der Waals surface area contributed by atoms with Crippen molar-refractivity contribution < 1.29 is 51.3 Å². The van der Waals surface area contributed by atoms with E-state index in [1.54, 1.807) is 49.2 Å². The van der Waals surface area contributed by atoms with E-state index < -0.39 is 80.0 Å². The Bertz CT molecular complexity index is 1650. The molecule has 0 bridgehead atoms. The van der Waals surface area contributed by atoms with Crippen molar-refractivity contribution in [3.05, 3.63) is 75.3 Å². The van der Waals surface area contributed by atoms with Crippen molar-refractivity contribution in [1.82, 2.24) is 14.6 Å². The number of benzene rings is 2. The lowest BCUT2D eigenvalue weighted by atomic mass is 9.96.